The van der Waals surface area contributed by atoms with Gasteiger partial charge in [0.15, 0.2) is 0 Å². The van der Waals surface area contributed by atoms with Gasteiger partial charge < -0.3 is 20.5 Å². The average Bonchev–Trinajstić information content (AvgIpc) is 3.07. The van der Waals surface area contributed by atoms with E-state index >= 15 is 0 Å². The summed E-state index contributed by atoms with van der Waals surface area (Å²) in [6.07, 6.45) is 15.5. The van der Waals surface area contributed by atoms with Crippen molar-refractivity contribution in [3.63, 3.8) is 0 Å². The largest absolute Gasteiger partial charge is 0.507 e. The summed E-state index contributed by atoms with van der Waals surface area (Å²) in [6, 6.07) is 4.10. The predicted octanol–water partition coefficient (Wildman–Crippen LogP) is 9.31. The summed E-state index contributed by atoms with van der Waals surface area (Å²) in [6.45, 7) is 6.60. The van der Waals surface area contributed by atoms with Crippen LogP contribution in [0.1, 0.15) is 148 Å². The van der Waals surface area contributed by atoms with Crippen molar-refractivity contribution in [2.75, 3.05) is 6.54 Å². The molecule has 0 heterocycles. The molecule has 49 heavy (non-hydrogen) atoms. The Morgan fingerprint density at radius 1 is 0.776 bits per heavy atom. The summed E-state index contributed by atoms with van der Waals surface area (Å²) in [5, 5.41) is 15.4. The lowest BCUT2D eigenvalue weighted by Crippen LogP contribution is -2.50. The molecule has 0 radical (unpaired) electrons. The maximum absolute atomic E-state index is 12.9. The fourth-order valence-electron chi connectivity index (χ4n) is 5.32. The van der Waals surface area contributed by atoms with Gasteiger partial charge >= 0.3 is 12.1 Å². The number of halogens is 3. The molecule has 0 bridgehead atoms. The number of benzene rings is 1. The first kappa shape index (κ1) is 43.7. The van der Waals surface area contributed by atoms with Gasteiger partial charge in [0.1, 0.15) is 17.6 Å². The standard InChI is InChI=1S/C38H59F3N2O6/c1-4-6-7-8-9-10-11-12-13-14-15-16-17-18-19-20-27-42-37(48)36(29(3)5-2)43-34(46)25-26-35(47)49-31-23-21-30(22-24-31)32(44)28-33(45)38(39,40)41/h21-24,28-29,36,44H,4-20,25-27H2,1-3H3,(H,42,48)(H,43,46)/b32-28-/t29-,36-/m0/s1. The third-order valence-electron chi connectivity index (χ3n) is 8.63. The molecule has 1 rings (SSSR count). The van der Waals surface area contributed by atoms with Gasteiger partial charge in [0.2, 0.25) is 11.8 Å². The minimum atomic E-state index is -5.11. The van der Waals surface area contributed by atoms with Crippen LogP contribution in [0.3, 0.4) is 0 Å². The van der Waals surface area contributed by atoms with Gasteiger partial charge in [-0.1, -0.05) is 124 Å². The van der Waals surface area contributed by atoms with Crippen molar-refractivity contribution in [3.05, 3.63) is 35.9 Å². The minimum absolute atomic E-state index is 0.0371. The quantitative estimate of drug-likeness (QED) is 0.0277. The fraction of sp³-hybridized carbons (Fsp3) is 0.684. The normalized spacial score (nSPS) is 13.1. The first-order chi connectivity index (χ1) is 23.4. The van der Waals surface area contributed by atoms with E-state index in [1.54, 1.807) is 0 Å². The highest BCUT2D eigenvalue weighted by Crippen LogP contribution is 2.22. The van der Waals surface area contributed by atoms with Crippen LogP contribution in [0.2, 0.25) is 0 Å². The first-order valence-corrected chi connectivity index (χ1v) is 18.3. The molecule has 0 aromatic heterocycles. The zero-order valence-corrected chi connectivity index (χ0v) is 29.8. The zero-order chi connectivity index (χ0) is 36.5. The molecule has 0 aliphatic carbocycles. The van der Waals surface area contributed by atoms with E-state index in [1.165, 1.54) is 108 Å². The summed E-state index contributed by atoms with van der Waals surface area (Å²) >= 11 is 0. The lowest BCUT2D eigenvalue weighted by Gasteiger charge is -2.23. The number of ketones is 1. The number of carbonyl (C=O) groups excluding carboxylic acids is 4. The van der Waals surface area contributed by atoms with Gasteiger partial charge in [-0.3, -0.25) is 19.2 Å². The summed E-state index contributed by atoms with van der Waals surface area (Å²) < 4.78 is 42.3. The van der Waals surface area contributed by atoms with Gasteiger partial charge in [0.25, 0.3) is 5.78 Å². The second-order valence-corrected chi connectivity index (χ2v) is 12.9. The number of rotatable bonds is 27. The molecule has 278 valence electrons. The molecule has 11 heteroatoms. The second kappa shape index (κ2) is 25.6. The Bertz CT molecular complexity index is 1140. The number of hydrogen-bond donors (Lipinski definition) is 3. The molecule has 0 aliphatic heterocycles. The minimum Gasteiger partial charge on any atom is -0.507 e. The average molecular weight is 697 g/mol. The van der Waals surface area contributed by atoms with Crippen molar-refractivity contribution in [1.29, 1.82) is 0 Å². The number of ether oxygens (including phenoxy) is 1. The van der Waals surface area contributed by atoms with Gasteiger partial charge in [-0.25, -0.2) is 0 Å². The Morgan fingerprint density at radius 2 is 1.27 bits per heavy atom. The molecule has 1 aromatic carbocycles. The highest BCUT2D eigenvalue weighted by Gasteiger charge is 2.37. The van der Waals surface area contributed by atoms with Crippen molar-refractivity contribution in [2.24, 2.45) is 5.92 Å². The van der Waals surface area contributed by atoms with Crippen molar-refractivity contribution >= 4 is 29.3 Å². The number of nitrogens with one attached hydrogen (secondary N) is 2. The van der Waals surface area contributed by atoms with Crippen LogP contribution in [0.25, 0.3) is 5.76 Å². The number of carbonyl (C=O) groups is 4. The van der Waals surface area contributed by atoms with Crippen LogP contribution >= 0.6 is 0 Å². The van der Waals surface area contributed by atoms with Crippen LogP contribution in [0.4, 0.5) is 13.2 Å². The fourth-order valence-corrected chi connectivity index (χ4v) is 5.32. The van der Waals surface area contributed by atoms with Crippen molar-refractivity contribution in [1.82, 2.24) is 10.6 Å². The molecule has 0 saturated heterocycles. The van der Waals surface area contributed by atoms with Crippen LogP contribution in [0.15, 0.2) is 30.3 Å². The molecular weight excluding hydrogens is 637 g/mol. The van der Waals surface area contributed by atoms with Crippen molar-refractivity contribution in [3.8, 4) is 5.75 Å². The van der Waals surface area contributed by atoms with E-state index in [0.29, 0.717) is 13.0 Å². The molecule has 2 amide bonds. The van der Waals surface area contributed by atoms with E-state index in [-0.39, 0.29) is 42.1 Å². The van der Waals surface area contributed by atoms with Gasteiger partial charge in [0.05, 0.1) is 6.42 Å². The third-order valence-corrected chi connectivity index (χ3v) is 8.63. The van der Waals surface area contributed by atoms with E-state index in [0.717, 1.165) is 19.3 Å². The molecule has 0 spiro atoms. The molecule has 3 N–H and O–H groups in total. The highest BCUT2D eigenvalue weighted by atomic mass is 19.4. The van der Waals surface area contributed by atoms with E-state index in [2.05, 4.69) is 17.6 Å². The molecule has 2 atom stereocenters. The van der Waals surface area contributed by atoms with Gasteiger partial charge in [-0.05, 0) is 36.6 Å². The van der Waals surface area contributed by atoms with Crippen LogP contribution in [0, 0.1) is 5.92 Å². The van der Waals surface area contributed by atoms with Crippen molar-refractivity contribution < 1.29 is 42.2 Å². The van der Waals surface area contributed by atoms with E-state index in [1.807, 2.05) is 13.8 Å². The number of aliphatic hydroxyl groups excluding tert-OH is 1. The molecule has 8 nitrogen and oxygen atoms in total. The number of amides is 2. The number of unbranched alkanes of at least 4 members (excludes halogenated alkanes) is 15. The number of alkyl halides is 3. The second-order valence-electron chi connectivity index (χ2n) is 12.9. The Hall–Kier alpha value is -3.37. The molecule has 0 aliphatic rings. The SMILES string of the molecule is CCCCCCCCCCCCCCCCCCNC(=O)[C@@H](NC(=O)CCC(=O)Oc1ccc(/C(O)=C/C(=O)C(F)(F)F)cc1)[C@@H](C)CC. The lowest BCUT2D eigenvalue weighted by molar-refractivity contribution is -0.165. The third kappa shape index (κ3) is 20.7. The Kier molecular flexibility index (Phi) is 22.8. The van der Waals surface area contributed by atoms with Crippen LogP contribution in [0.5, 0.6) is 5.75 Å². The van der Waals surface area contributed by atoms with Gasteiger partial charge in [-0.15, -0.1) is 0 Å². The smallest absolute Gasteiger partial charge is 0.454 e. The topological polar surface area (TPSA) is 122 Å². The van der Waals surface area contributed by atoms with E-state index < -0.39 is 35.6 Å². The molecule has 1 aromatic rings. The first-order valence-electron chi connectivity index (χ1n) is 18.3. The maximum Gasteiger partial charge on any atom is 0.454 e. The van der Waals surface area contributed by atoms with Crippen LogP contribution in [-0.4, -0.2) is 47.4 Å². The Balaban J connectivity index is 2.28. The zero-order valence-electron chi connectivity index (χ0n) is 29.8. The summed E-state index contributed by atoms with van der Waals surface area (Å²) in [7, 11) is 0. The maximum atomic E-state index is 12.9. The van der Waals surface area contributed by atoms with Crippen molar-refractivity contribution in [2.45, 2.75) is 155 Å². The number of allylic oxidation sites excluding steroid dienone is 1. The predicted molar refractivity (Wildman–Crippen MR) is 187 cm³/mol. The summed E-state index contributed by atoms with van der Waals surface area (Å²) in [5.74, 6) is -4.63. The number of aliphatic hydroxyl groups is 1. The Morgan fingerprint density at radius 3 is 1.73 bits per heavy atom. The molecule has 0 saturated carbocycles. The summed E-state index contributed by atoms with van der Waals surface area (Å²) in [5.41, 5.74) is -0.0825. The number of esters is 1. The van der Waals surface area contributed by atoms with E-state index in [4.69, 9.17) is 4.74 Å². The van der Waals surface area contributed by atoms with Crippen LogP contribution < -0.4 is 15.4 Å². The monoisotopic (exact) mass is 696 g/mol. The lowest BCUT2D eigenvalue weighted by atomic mass is 9.98. The van der Waals surface area contributed by atoms with Gasteiger partial charge in [-0.2, -0.15) is 13.2 Å². The Labute approximate surface area is 291 Å². The van der Waals surface area contributed by atoms with E-state index in [9.17, 15) is 37.5 Å². The van der Waals surface area contributed by atoms with Crippen LogP contribution in [-0.2, 0) is 19.2 Å². The molecule has 0 fully saturated rings. The number of hydrogen-bond acceptors (Lipinski definition) is 6. The highest BCUT2D eigenvalue weighted by molar-refractivity contribution is 5.99. The summed E-state index contributed by atoms with van der Waals surface area (Å²) in [4.78, 5) is 48.8. The van der Waals surface area contributed by atoms with Gasteiger partial charge in [0, 0.05) is 24.6 Å². The molecule has 0 unspecified atom stereocenters. The molecular formula is C38H59F3N2O6.